The average Bonchev–Trinajstić information content (AvgIpc) is 3.30. The van der Waals surface area contributed by atoms with E-state index in [1.807, 2.05) is 139 Å². The molecule has 35 heavy (non-hydrogen) atoms. The minimum absolute atomic E-state index is 0.206. The molecule has 0 saturated heterocycles. The summed E-state index contributed by atoms with van der Waals surface area (Å²) in [7, 11) is 0. The maximum absolute atomic E-state index is 13.8. The first-order chi connectivity index (χ1) is 17.2. The van der Waals surface area contributed by atoms with Crippen molar-refractivity contribution in [3.8, 4) is 16.9 Å². The van der Waals surface area contributed by atoms with Crippen molar-refractivity contribution in [1.29, 1.82) is 0 Å². The highest BCUT2D eigenvalue weighted by Gasteiger charge is 2.24. The van der Waals surface area contributed by atoms with Crippen LogP contribution in [0.2, 0.25) is 0 Å². The van der Waals surface area contributed by atoms with Crippen LogP contribution < -0.4 is 5.32 Å². The number of hydrogen-bond donors (Lipinski definition) is 1. The Labute approximate surface area is 205 Å². The number of aryl methyl sites for hydroxylation is 1. The maximum Gasteiger partial charge on any atom is 0.260 e. The largest absolute Gasteiger partial charge is 0.322 e. The molecule has 1 N–H and O–H groups in total. The first kappa shape index (κ1) is 22.1. The van der Waals surface area contributed by atoms with Crippen molar-refractivity contribution in [2.75, 3.05) is 5.32 Å². The van der Waals surface area contributed by atoms with Crippen LogP contribution in [0.25, 0.3) is 29.1 Å². The van der Waals surface area contributed by atoms with Crippen LogP contribution in [-0.2, 0) is 0 Å². The Bertz CT molecular complexity index is 1450. The predicted octanol–water partition coefficient (Wildman–Crippen LogP) is 7.27. The van der Waals surface area contributed by atoms with Gasteiger partial charge in [-0.2, -0.15) is 5.10 Å². The van der Waals surface area contributed by atoms with E-state index in [9.17, 15) is 4.79 Å². The minimum atomic E-state index is -0.206. The first-order valence-electron chi connectivity index (χ1n) is 11.5. The molecule has 0 atom stereocenters. The third kappa shape index (κ3) is 4.97. The fourth-order valence-corrected chi connectivity index (χ4v) is 3.94. The molecule has 0 aliphatic carbocycles. The summed E-state index contributed by atoms with van der Waals surface area (Å²) in [5.74, 6) is -0.206. The van der Waals surface area contributed by atoms with Crippen LogP contribution in [0.1, 0.15) is 27.2 Å². The van der Waals surface area contributed by atoms with E-state index in [0.717, 1.165) is 28.1 Å². The van der Waals surface area contributed by atoms with E-state index in [0.29, 0.717) is 17.0 Å². The van der Waals surface area contributed by atoms with Gasteiger partial charge in [0, 0.05) is 11.3 Å². The molecular formula is C31H25N3O. The number of nitrogens with zero attached hydrogens (tertiary/aromatic N) is 2. The highest BCUT2D eigenvalue weighted by atomic mass is 16.1. The van der Waals surface area contributed by atoms with Crippen molar-refractivity contribution in [1.82, 2.24) is 9.78 Å². The fourth-order valence-electron chi connectivity index (χ4n) is 3.94. The van der Waals surface area contributed by atoms with Crippen molar-refractivity contribution < 1.29 is 4.79 Å². The van der Waals surface area contributed by atoms with E-state index >= 15 is 0 Å². The SMILES string of the molecule is Cc1ccc(NC(=O)c2c(-c3ccccc3)nn(-c3ccccc3)c2C=Cc2ccccc2)cc1. The summed E-state index contributed by atoms with van der Waals surface area (Å²) in [5, 5.41) is 8.02. The highest BCUT2D eigenvalue weighted by molar-refractivity contribution is 6.10. The van der Waals surface area contributed by atoms with Crippen molar-refractivity contribution in [2.45, 2.75) is 6.92 Å². The van der Waals surface area contributed by atoms with Crippen LogP contribution in [-0.4, -0.2) is 15.7 Å². The van der Waals surface area contributed by atoms with Gasteiger partial charge < -0.3 is 5.32 Å². The van der Waals surface area contributed by atoms with Crippen LogP contribution in [0.3, 0.4) is 0 Å². The third-order valence-electron chi connectivity index (χ3n) is 5.74. The molecule has 5 aromatic rings. The second-order valence-corrected chi connectivity index (χ2v) is 8.29. The summed E-state index contributed by atoms with van der Waals surface area (Å²) < 4.78 is 1.84. The average molecular weight is 456 g/mol. The molecule has 0 spiro atoms. The van der Waals surface area contributed by atoms with Gasteiger partial charge in [-0.05, 0) is 42.8 Å². The number of aromatic nitrogens is 2. The van der Waals surface area contributed by atoms with Gasteiger partial charge >= 0.3 is 0 Å². The molecule has 0 saturated carbocycles. The highest BCUT2D eigenvalue weighted by Crippen LogP contribution is 2.30. The summed E-state index contributed by atoms with van der Waals surface area (Å²) in [4.78, 5) is 13.8. The fraction of sp³-hybridized carbons (Fsp3) is 0.0323. The molecular weight excluding hydrogens is 430 g/mol. The topological polar surface area (TPSA) is 46.9 Å². The summed E-state index contributed by atoms with van der Waals surface area (Å²) in [6.07, 6.45) is 3.97. The zero-order valence-corrected chi connectivity index (χ0v) is 19.4. The lowest BCUT2D eigenvalue weighted by Crippen LogP contribution is -2.14. The van der Waals surface area contributed by atoms with Gasteiger partial charge in [0.25, 0.3) is 5.91 Å². The molecule has 0 aliphatic rings. The molecule has 0 bridgehead atoms. The van der Waals surface area contributed by atoms with Gasteiger partial charge in [-0.3, -0.25) is 4.79 Å². The molecule has 4 aromatic carbocycles. The molecule has 0 fully saturated rings. The molecule has 0 radical (unpaired) electrons. The smallest absolute Gasteiger partial charge is 0.260 e. The first-order valence-corrected chi connectivity index (χ1v) is 11.5. The number of benzene rings is 4. The Morgan fingerprint density at radius 3 is 2.00 bits per heavy atom. The zero-order valence-electron chi connectivity index (χ0n) is 19.4. The van der Waals surface area contributed by atoms with Gasteiger partial charge in [0.2, 0.25) is 0 Å². The van der Waals surface area contributed by atoms with E-state index in [2.05, 4.69) is 5.32 Å². The molecule has 0 aliphatic heterocycles. The molecule has 4 nitrogen and oxygen atoms in total. The van der Waals surface area contributed by atoms with E-state index in [4.69, 9.17) is 5.10 Å². The molecule has 1 amide bonds. The maximum atomic E-state index is 13.8. The van der Waals surface area contributed by atoms with E-state index in [1.165, 1.54) is 0 Å². The Morgan fingerprint density at radius 2 is 1.34 bits per heavy atom. The number of nitrogens with one attached hydrogen (secondary N) is 1. The van der Waals surface area contributed by atoms with Gasteiger partial charge in [0.05, 0.1) is 16.9 Å². The Morgan fingerprint density at radius 1 is 0.743 bits per heavy atom. The van der Waals surface area contributed by atoms with E-state index < -0.39 is 0 Å². The lowest BCUT2D eigenvalue weighted by atomic mass is 10.0. The van der Waals surface area contributed by atoms with Crippen molar-refractivity contribution >= 4 is 23.7 Å². The lowest BCUT2D eigenvalue weighted by Gasteiger charge is -2.09. The predicted molar refractivity (Wildman–Crippen MR) is 144 cm³/mol. The van der Waals surface area contributed by atoms with Gasteiger partial charge in [0.15, 0.2) is 0 Å². The second-order valence-electron chi connectivity index (χ2n) is 8.29. The van der Waals surface area contributed by atoms with Crippen LogP contribution in [0.5, 0.6) is 0 Å². The Kier molecular flexibility index (Phi) is 6.35. The second kappa shape index (κ2) is 10.1. The Hall–Kier alpha value is -4.70. The summed E-state index contributed by atoms with van der Waals surface area (Å²) in [6.45, 7) is 2.02. The van der Waals surface area contributed by atoms with Crippen LogP contribution >= 0.6 is 0 Å². The molecule has 4 heteroatoms. The number of carbonyl (C=O) groups excluding carboxylic acids is 1. The van der Waals surface area contributed by atoms with Crippen molar-refractivity contribution in [3.63, 3.8) is 0 Å². The monoisotopic (exact) mass is 455 g/mol. The Balaban J connectivity index is 1.69. The number of rotatable bonds is 6. The summed E-state index contributed by atoms with van der Waals surface area (Å²) in [6, 6.07) is 37.5. The normalized spacial score (nSPS) is 11.0. The molecule has 1 heterocycles. The van der Waals surface area contributed by atoms with Crippen LogP contribution in [0, 0.1) is 6.92 Å². The molecule has 1 aromatic heterocycles. The standard InChI is InChI=1S/C31H25N3O/c1-23-17-20-26(21-18-23)32-31(35)29-28(22-19-24-11-5-2-6-12-24)34(27-15-9-4-10-16-27)33-30(29)25-13-7-3-8-14-25/h2-22H,1H3,(H,32,35). The number of hydrogen-bond acceptors (Lipinski definition) is 2. The van der Waals surface area contributed by atoms with Gasteiger partial charge in [-0.15, -0.1) is 0 Å². The minimum Gasteiger partial charge on any atom is -0.322 e. The number of carbonyl (C=O) groups is 1. The molecule has 5 rings (SSSR count). The molecule has 170 valence electrons. The quantitative estimate of drug-likeness (QED) is 0.293. The summed E-state index contributed by atoms with van der Waals surface area (Å²) >= 11 is 0. The number of para-hydroxylation sites is 1. The van der Waals surface area contributed by atoms with Crippen LogP contribution in [0.15, 0.2) is 115 Å². The third-order valence-corrected chi connectivity index (χ3v) is 5.74. The van der Waals surface area contributed by atoms with Crippen LogP contribution in [0.4, 0.5) is 5.69 Å². The number of amides is 1. The lowest BCUT2D eigenvalue weighted by molar-refractivity contribution is 0.102. The van der Waals surface area contributed by atoms with Crippen molar-refractivity contribution in [2.24, 2.45) is 0 Å². The molecule has 0 unspecified atom stereocenters. The van der Waals surface area contributed by atoms with Gasteiger partial charge in [0.1, 0.15) is 5.69 Å². The zero-order chi connectivity index (χ0) is 24.0. The van der Waals surface area contributed by atoms with E-state index in [-0.39, 0.29) is 5.91 Å². The number of anilines is 1. The van der Waals surface area contributed by atoms with E-state index in [1.54, 1.807) is 0 Å². The summed E-state index contributed by atoms with van der Waals surface area (Å²) in [5.41, 5.74) is 6.54. The van der Waals surface area contributed by atoms with Gasteiger partial charge in [-0.1, -0.05) is 103 Å². The van der Waals surface area contributed by atoms with Gasteiger partial charge in [-0.25, -0.2) is 4.68 Å². The van der Waals surface area contributed by atoms with Crippen molar-refractivity contribution in [3.05, 3.63) is 138 Å².